The SMILES string of the molecule is CC(N)C1CCNC1.CO[SiH](OC)OC. The third kappa shape index (κ3) is 6.99. The Hall–Kier alpha value is 0.0169. The molecule has 1 rings (SSSR count). The molecule has 0 spiro atoms. The van der Waals surface area contributed by atoms with Crippen LogP contribution < -0.4 is 11.1 Å². The molecule has 3 N–H and O–H groups in total. The molecule has 1 fully saturated rings. The minimum atomic E-state index is -1.67. The molecule has 2 unspecified atom stereocenters. The highest BCUT2D eigenvalue weighted by Crippen LogP contribution is 2.09. The smallest absolute Gasteiger partial charge is 0.379 e. The quantitative estimate of drug-likeness (QED) is 0.649. The summed E-state index contributed by atoms with van der Waals surface area (Å²) in [4.78, 5) is 0. The zero-order valence-corrected chi connectivity index (χ0v) is 11.3. The molecular weight excluding hydrogens is 212 g/mol. The Kier molecular flexibility index (Phi) is 9.27. The second kappa shape index (κ2) is 9.26. The first-order valence-corrected chi connectivity index (χ1v) is 6.61. The van der Waals surface area contributed by atoms with E-state index < -0.39 is 9.53 Å². The standard InChI is InChI=1S/C6H14N2.C3H10O3Si/c1-5(7)6-2-3-8-4-6;1-4-7(5-2)6-3/h5-6,8H,2-4,7H2,1H3;7H,1-3H3. The molecular formula is C9H24N2O3Si. The molecule has 0 aliphatic carbocycles. The van der Waals surface area contributed by atoms with Crippen LogP contribution in [0.15, 0.2) is 0 Å². The first kappa shape index (κ1) is 15.0. The fraction of sp³-hybridized carbons (Fsp3) is 1.00. The van der Waals surface area contributed by atoms with E-state index in [4.69, 9.17) is 19.0 Å². The maximum absolute atomic E-state index is 5.66. The zero-order valence-electron chi connectivity index (χ0n) is 10.2. The van der Waals surface area contributed by atoms with Crippen LogP contribution in [0.5, 0.6) is 0 Å². The highest BCUT2D eigenvalue weighted by molar-refractivity contribution is 6.36. The summed E-state index contributed by atoms with van der Waals surface area (Å²) >= 11 is 0. The van der Waals surface area contributed by atoms with Gasteiger partial charge in [0.15, 0.2) is 0 Å². The van der Waals surface area contributed by atoms with Crippen LogP contribution in [0.2, 0.25) is 0 Å². The lowest BCUT2D eigenvalue weighted by Gasteiger charge is -2.10. The molecule has 0 saturated carbocycles. The van der Waals surface area contributed by atoms with Crippen molar-refractivity contribution in [2.75, 3.05) is 34.4 Å². The van der Waals surface area contributed by atoms with Gasteiger partial charge in [-0.1, -0.05) is 0 Å². The van der Waals surface area contributed by atoms with Gasteiger partial charge in [-0.15, -0.1) is 0 Å². The molecule has 0 amide bonds. The lowest BCUT2D eigenvalue weighted by atomic mass is 10.0. The third-order valence-electron chi connectivity index (χ3n) is 2.42. The predicted molar refractivity (Wildman–Crippen MR) is 62.8 cm³/mol. The average molecular weight is 236 g/mol. The van der Waals surface area contributed by atoms with Gasteiger partial charge in [-0.3, -0.25) is 0 Å². The molecule has 1 heterocycles. The number of nitrogens with one attached hydrogen (secondary N) is 1. The lowest BCUT2D eigenvalue weighted by Crippen LogP contribution is -2.27. The first-order chi connectivity index (χ1) is 7.15. The maximum atomic E-state index is 5.66. The van der Waals surface area contributed by atoms with Gasteiger partial charge in [0.1, 0.15) is 0 Å². The Morgan fingerprint density at radius 3 is 1.93 bits per heavy atom. The predicted octanol–water partition coefficient (Wildman–Crippen LogP) is -0.414. The van der Waals surface area contributed by atoms with Crippen molar-refractivity contribution < 1.29 is 13.3 Å². The molecule has 6 heteroatoms. The minimum absolute atomic E-state index is 0.380. The van der Waals surface area contributed by atoms with E-state index in [-0.39, 0.29) is 0 Å². The highest BCUT2D eigenvalue weighted by Gasteiger charge is 2.17. The number of nitrogens with two attached hydrogens (primary N) is 1. The summed E-state index contributed by atoms with van der Waals surface area (Å²) in [6, 6.07) is 0.380. The van der Waals surface area contributed by atoms with Gasteiger partial charge >= 0.3 is 9.53 Å². The number of rotatable bonds is 4. The summed E-state index contributed by atoms with van der Waals surface area (Å²) in [7, 11) is 3.05. The van der Waals surface area contributed by atoms with Crippen LogP contribution in [0.4, 0.5) is 0 Å². The molecule has 0 radical (unpaired) electrons. The van der Waals surface area contributed by atoms with Crippen molar-refractivity contribution in [3.63, 3.8) is 0 Å². The largest absolute Gasteiger partial charge is 0.483 e. The van der Waals surface area contributed by atoms with Crippen LogP contribution in [0.25, 0.3) is 0 Å². The highest BCUT2D eigenvalue weighted by atomic mass is 28.3. The molecule has 5 nitrogen and oxygen atoms in total. The van der Waals surface area contributed by atoms with E-state index in [2.05, 4.69) is 12.2 Å². The Balaban J connectivity index is 0.000000265. The van der Waals surface area contributed by atoms with E-state index in [9.17, 15) is 0 Å². The number of hydrogen-bond donors (Lipinski definition) is 2. The Morgan fingerprint density at radius 1 is 1.27 bits per heavy atom. The summed E-state index contributed by atoms with van der Waals surface area (Å²) in [5.41, 5.74) is 5.66. The van der Waals surface area contributed by atoms with Crippen molar-refractivity contribution in [3.8, 4) is 0 Å². The summed E-state index contributed by atoms with van der Waals surface area (Å²) in [5, 5.41) is 3.27. The van der Waals surface area contributed by atoms with Gasteiger partial charge in [0.25, 0.3) is 0 Å². The molecule has 1 saturated heterocycles. The average Bonchev–Trinajstić information content (AvgIpc) is 2.74. The van der Waals surface area contributed by atoms with Crippen molar-refractivity contribution in [2.24, 2.45) is 11.7 Å². The van der Waals surface area contributed by atoms with Crippen molar-refractivity contribution in [1.29, 1.82) is 0 Å². The molecule has 0 aromatic carbocycles. The van der Waals surface area contributed by atoms with Gasteiger partial charge in [-0.05, 0) is 32.4 Å². The first-order valence-electron chi connectivity index (χ1n) is 5.20. The summed E-state index contributed by atoms with van der Waals surface area (Å²) in [5.74, 6) is 0.731. The van der Waals surface area contributed by atoms with Gasteiger partial charge in [-0.2, -0.15) is 0 Å². The van der Waals surface area contributed by atoms with Crippen LogP contribution in [0, 0.1) is 5.92 Å². The van der Waals surface area contributed by atoms with Gasteiger partial charge < -0.3 is 24.3 Å². The molecule has 92 valence electrons. The summed E-state index contributed by atoms with van der Waals surface area (Å²) in [6.07, 6.45) is 1.26. The van der Waals surface area contributed by atoms with Gasteiger partial charge in [0.2, 0.25) is 0 Å². The van der Waals surface area contributed by atoms with Crippen molar-refractivity contribution in [1.82, 2.24) is 5.32 Å². The van der Waals surface area contributed by atoms with Crippen molar-refractivity contribution in [3.05, 3.63) is 0 Å². The fourth-order valence-electron chi connectivity index (χ4n) is 1.41. The van der Waals surface area contributed by atoms with Crippen molar-refractivity contribution >= 4 is 9.53 Å². The Bertz CT molecular complexity index is 134. The molecule has 2 atom stereocenters. The second-order valence-electron chi connectivity index (χ2n) is 3.61. The van der Waals surface area contributed by atoms with E-state index >= 15 is 0 Å². The van der Waals surface area contributed by atoms with Crippen LogP contribution in [0.3, 0.4) is 0 Å². The van der Waals surface area contributed by atoms with Crippen LogP contribution in [0.1, 0.15) is 13.3 Å². The topological polar surface area (TPSA) is 65.7 Å². The molecule has 15 heavy (non-hydrogen) atoms. The Morgan fingerprint density at radius 2 is 1.80 bits per heavy atom. The number of hydrogen-bond acceptors (Lipinski definition) is 5. The van der Waals surface area contributed by atoms with Crippen LogP contribution in [-0.4, -0.2) is 50.0 Å². The van der Waals surface area contributed by atoms with E-state index in [1.807, 2.05) is 0 Å². The molecule has 1 aliphatic rings. The molecule has 1 aliphatic heterocycles. The maximum Gasteiger partial charge on any atom is 0.483 e. The minimum Gasteiger partial charge on any atom is -0.379 e. The monoisotopic (exact) mass is 236 g/mol. The van der Waals surface area contributed by atoms with E-state index in [1.165, 1.54) is 6.42 Å². The fourth-order valence-corrected chi connectivity index (χ4v) is 1.99. The lowest BCUT2D eigenvalue weighted by molar-refractivity contribution is 0.163. The van der Waals surface area contributed by atoms with E-state index in [0.717, 1.165) is 19.0 Å². The second-order valence-corrected chi connectivity index (χ2v) is 5.60. The third-order valence-corrected chi connectivity index (χ3v) is 3.57. The molecule has 0 bridgehead atoms. The van der Waals surface area contributed by atoms with Crippen LogP contribution >= 0.6 is 0 Å². The molecule has 0 aromatic heterocycles. The molecule has 0 aromatic rings. The normalized spacial score (nSPS) is 22.4. The van der Waals surface area contributed by atoms with E-state index in [1.54, 1.807) is 21.3 Å². The summed E-state index contributed by atoms with van der Waals surface area (Å²) in [6.45, 7) is 4.36. The zero-order chi connectivity index (χ0) is 11.7. The summed E-state index contributed by atoms with van der Waals surface area (Å²) < 4.78 is 14.2. The van der Waals surface area contributed by atoms with Gasteiger partial charge in [0.05, 0.1) is 0 Å². The van der Waals surface area contributed by atoms with Crippen molar-refractivity contribution in [2.45, 2.75) is 19.4 Å². The van der Waals surface area contributed by atoms with E-state index in [0.29, 0.717) is 6.04 Å². The van der Waals surface area contributed by atoms with Gasteiger partial charge in [0, 0.05) is 27.4 Å². The Labute approximate surface area is 94.2 Å². The van der Waals surface area contributed by atoms with Gasteiger partial charge in [-0.25, -0.2) is 0 Å². The van der Waals surface area contributed by atoms with Crippen LogP contribution in [-0.2, 0) is 13.3 Å².